The lowest BCUT2D eigenvalue weighted by atomic mass is 10.1. The number of ketones is 1. The molecule has 0 atom stereocenters. The number of hydrogen-bond donors (Lipinski definition) is 1. The Morgan fingerprint density at radius 3 is 2.78 bits per heavy atom. The van der Waals surface area contributed by atoms with Gasteiger partial charge in [-0.25, -0.2) is 4.98 Å². The number of hydrogen-bond acceptors (Lipinski definition) is 3. The largest absolute Gasteiger partial charge is 0.481 e. The second-order valence-corrected chi connectivity index (χ2v) is 3.97. The van der Waals surface area contributed by atoms with Crippen molar-refractivity contribution in [3.63, 3.8) is 0 Å². The van der Waals surface area contributed by atoms with Crippen molar-refractivity contribution in [3.8, 4) is 5.69 Å². The quantitative estimate of drug-likeness (QED) is 0.658. The summed E-state index contributed by atoms with van der Waals surface area (Å²) in [6.45, 7) is 1.87. The maximum Gasteiger partial charge on any atom is 0.311 e. The Morgan fingerprint density at radius 2 is 2.17 bits per heavy atom. The molecule has 18 heavy (non-hydrogen) atoms. The minimum absolute atomic E-state index is 0.390. The molecule has 5 nitrogen and oxygen atoms in total. The molecule has 0 fully saturated rings. The summed E-state index contributed by atoms with van der Waals surface area (Å²) < 4.78 is 1.78. The normalized spacial score (nSPS) is 10.3. The molecule has 0 aliphatic heterocycles. The van der Waals surface area contributed by atoms with E-state index >= 15 is 0 Å². The molecule has 0 saturated carbocycles. The smallest absolute Gasteiger partial charge is 0.311 e. The van der Waals surface area contributed by atoms with Crippen molar-refractivity contribution in [1.29, 1.82) is 0 Å². The molecule has 1 N–H and O–H groups in total. The Labute approximate surface area is 104 Å². The van der Waals surface area contributed by atoms with Gasteiger partial charge in [0.25, 0.3) is 0 Å². The molecule has 0 spiro atoms. The van der Waals surface area contributed by atoms with Crippen molar-refractivity contribution in [2.45, 2.75) is 13.3 Å². The number of aromatic nitrogens is 2. The molecule has 2 aromatic rings. The first kappa shape index (κ1) is 12.0. The van der Waals surface area contributed by atoms with Crippen LogP contribution in [-0.2, 0) is 4.79 Å². The van der Waals surface area contributed by atoms with Crippen LogP contribution in [-0.4, -0.2) is 26.4 Å². The molecule has 2 rings (SSSR count). The maximum absolute atomic E-state index is 11.6. The van der Waals surface area contributed by atoms with Crippen LogP contribution in [0.4, 0.5) is 0 Å². The molecule has 0 radical (unpaired) electrons. The monoisotopic (exact) mass is 244 g/mol. The van der Waals surface area contributed by atoms with Crippen molar-refractivity contribution in [2.75, 3.05) is 0 Å². The first-order chi connectivity index (χ1) is 8.56. The van der Waals surface area contributed by atoms with Gasteiger partial charge in [0.05, 0.1) is 12.0 Å². The fraction of sp³-hybridized carbons (Fsp3) is 0.154. The van der Waals surface area contributed by atoms with Gasteiger partial charge in [-0.3, -0.25) is 9.59 Å². The van der Waals surface area contributed by atoms with Crippen LogP contribution < -0.4 is 0 Å². The number of Topliss-reactive ketones (excluding diaryl/α,β-unsaturated/α-hetero) is 1. The number of carboxylic acid groups (broad SMARTS) is 1. The number of carbonyl (C=O) groups is 2. The van der Waals surface area contributed by atoms with Gasteiger partial charge in [0.2, 0.25) is 0 Å². The molecule has 0 saturated heterocycles. The van der Waals surface area contributed by atoms with Gasteiger partial charge in [-0.2, -0.15) is 0 Å². The predicted octanol–water partition coefficient (Wildman–Crippen LogP) is 1.84. The molecular weight excluding hydrogens is 232 g/mol. The third kappa shape index (κ3) is 2.63. The fourth-order valence-corrected chi connectivity index (χ4v) is 1.64. The summed E-state index contributed by atoms with van der Waals surface area (Å²) in [5.41, 5.74) is 2.05. The number of rotatable bonds is 4. The lowest BCUT2D eigenvalue weighted by Crippen LogP contribution is -2.07. The number of nitrogens with zero attached hydrogens (tertiary/aromatic N) is 2. The first-order valence-corrected chi connectivity index (χ1v) is 5.42. The van der Waals surface area contributed by atoms with Crippen LogP contribution in [0.15, 0.2) is 36.8 Å². The minimum atomic E-state index is -1.12. The summed E-state index contributed by atoms with van der Waals surface area (Å²) >= 11 is 0. The van der Waals surface area contributed by atoms with E-state index in [0.29, 0.717) is 5.56 Å². The zero-order chi connectivity index (χ0) is 13.1. The van der Waals surface area contributed by atoms with E-state index in [1.54, 1.807) is 29.1 Å². The Kier molecular flexibility index (Phi) is 3.23. The molecule has 5 heteroatoms. The second kappa shape index (κ2) is 4.83. The molecule has 1 heterocycles. The highest BCUT2D eigenvalue weighted by Gasteiger charge is 2.11. The molecular formula is C13H12N2O3. The summed E-state index contributed by atoms with van der Waals surface area (Å²) in [4.78, 5) is 26.2. The number of benzene rings is 1. The van der Waals surface area contributed by atoms with E-state index in [9.17, 15) is 9.59 Å². The predicted molar refractivity (Wildman–Crippen MR) is 64.9 cm³/mol. The SMILES string of the molecule is Cc1cn(-c2cccc(C(=O)CC(=O)O)c2)cn1. The molecule has 92 valence electrons. The van der Waals surface area contributed by atoms with Gasteiger partial charge in [-0.1, -0.05) is 12.1 Å². The number of aliphatic carboxylic acids is 1. The van der Waals surface area contributed by atoms with Gasteiger partial charge in [0.15, 0.2) is 5.78 Å². The van der Waals surface area contributed by atoms with Crippen molar-refractivity contribution < 1.29 is 14.7 Å². The minimum Gasteiger partial charge on any atom is -0.481 e. The summed E-state index contributed by atoms with van der Waals surface area (Å²) in [5, 5.41) is 8.60. The molecule has 0 aliphatic rings. The lowest BCUT2D eigenvalue weighted by Gasteiger charge is -2.04. The number of carbonyl (C=O) groups excluding carboxylic acids is 1. The van der Waals surface area contributed by atoms with Crippen molar-refractivity contribution in [2.24, 2.45) is 0 Å². The average Bonchev–Trinajstić information content (AvgIpc) is 2.75. The van der Waals surface area contributed by atoms with Crippen LogP contribution in [0.1, 0.15) is 22.5 Å². The van der Waals surface area contributed by atoms with E-state index in [-0.39, 0.29) is 0 Å². The first-order valence-electron chi connectivity index (χ1n) is 5.42. The Balaban J connectivity index is 2.30. The highest BCUT2D eigenvalue weighted by atomic mass is 16.4. The van der Waals surface area contributed by atoms with Crippen LogP contribution in [0.5, 0.6) is 0 Å². The van der Waals surface area contributed by atoms with Gasteiger partial charge in [0, 0.05) is 17.4 Å². The standard InChI is InChI=1S/C13H12N2O3/c1-9-7-15(8-14-9)11-4-2-3-10(5-11)12(16)6-13(17)18/h2-5,7-8H,6H2,1H3,(H,17,18). The molecule has 0 bridgehead atoms. The highest BCUT2D eigenvalue weighted by molar-refractivity contribution is 6.05. The van der Waals surface area contributed by atoms with E-state index in [1.807, 2.05) is 19.2 Å². The van der Waals surface area contributed by atoms with Crippen LogP contribution in [0.2, 0.25) is 0 Å². The van der Waals surface area contributed by atoms with Gasteiger partial charge in [-0.05, 0) is 19.1 Å². The van der Waals surface area contributed by atoms with E-state index in [1.165, 1.54) is 0 Å². The topological polar surface area (TPSA) is 72.2 Å². The van der Waals surface area contributed by atoms with Crippen LogP contribution in [0.3, 0.4) is 0 Å². The summed E-state index contributed by atoms with van der Waals surface area (Å²) in [6.07, 6.45) is 2.99. The lowest BCUT2D eigenvalue weighted by molar-refractivity contribution is -0.135. The zero-order valence-electron chi connectivity index (χ0n) is 9.83. The summed E-state index contributed by atoms with van der Waals surface area (Å²) in [7, 11) is 0. The second-order valence-electron chi connectivity index (χ2n) is 3.97. The average molecular weight is 244 g/mol. The molecule has 1 aromatic heterocycles. The summed E-state index contributed by atoms with van der Waals surface area (Å²) in [5.74, 6) is -1.52. The van der Waals surface area contributed by atoms with Crippen LogP contribution in [0.25, 0.3) is 5.69 Å². The van der Waals surface area contributed by atoms with Crippen molar-refractivity contribution in [1.82, 2.24) is 9.55 Å². The van der Waals surface area contributed by atoms with Crippen molar-refractivity contribution in [3.05, 3.63) is 48.0 Å². The Morgan fingerprint density at radius 1 is 1.39 bits per heavy atom. The summed E-state index contributed by atoms with van der Waals surface area (Å²) in [6, 6.07) is 6.82. The third-order valence-corrected chi connectivity index (χ3v) is 2.49. The molecule has 1 aromatic carbocycles. The Hall–Kier alpha value is -2.43. The Bertz CT molecular complexity index is 602. The fourth-order valence-electron chi connectivity index (χ4n) is 1.64. The van der Waals surface area contributed by atoms with E-state index in [0.717, 1.165) is 11.4 Å². The number of aryl methyl sites for hydroxylation is 1. The third-order valence-electron chi connectivity index (χ3n) is 2.49. The van der Waals surface area contributed by atoms with Crippen LogP contribution >= 0.6 is 0 Å². The number of carboxylic acids is 1. The maximum atomic E-state index is 11.6. The number of imidazole rings is 1. The van der Waals surface area contributed by atoms with Gasteiger partial charge >= 0.3 is 5.97 Å². The van der Waals surface area contributed by atoms with Gasteiger partial charge < -0.3 is 9.67 Å². The van der Waals surface area contributed by atoms with Gasteiger partial charge in [-0.15, -0.1) is 0 Å². The van der Waals surface area contributed by atoms with Gasteiger partial charge in [0.1, 0.15) is 6.42 Å². The van der Waals surface area contributed by atoms with Crippen molar-refractivity contribution >= 4 is 11.8 Å². The van der Waals surface area contributed by atoms with E-state index in [2.05, 4.69) is 4.98 Å². The van der Waals surface area contributed by atoms with Crippen LogP contribution in [0, 0.1) is 6.92 Å². The highest BCUT2D eigenvalue weighted by Crippen LogP contribution is 2.12. The molecule has 0 unspecified atom stereocenters. The zero-order valence-corrected chi connectivity index (χ0v) is 9.83. The van der Waals surface area contributed by atoms with E-state index < -0.39 is 18.2 Å². The molecule has 0 aliphatic carbocycles. The molecule has 0 amide bonds. The van der Waals surface area contributed by atoms with E-state index in [4.69, 9.17) is 5.11 Å².